The lowest BCUT2D eigenvalue weighted by atomic mass is 10.3. The van der Waals surface area contributed by atoms with Gasteiger partial charge in [0.15, 0.2) is 5.76 Å². The van der Waals surface area contributed by atoms with Crippen LogP contribution in [0.5, 0.6) is 0 Å². The lowest BCUT2D eigenvalue weighted by Gasteiger charge is -2.02. The number of carbonyl (C=O) groups excluding carboxylic acids is 1. The van der Waals surface area contributed by atoms with E-state index in [0.29, 0.717) is 11.4 Å². The van der Waals surface area contributed by atoms with Crippen molar-refractivity contribution in [3.8, 4) is 0 Å². The van der Waals surface area contributed by atoms with Crippen LogP contribution in [0.3, 0.4) is 0 Å². The van der Waals surface area contributed by atoms with E-state index in [0.717, 1.165) is 5.69 Å². The molecule has 0 fully saturated rings. The van der Waals surface area contributed by atoms with Gasteiger partial charge in [0.05, 0.1) is 18.4 Å². The van der Waals surface area contributed by atoms with Crippen molar-refractivity contribution >= 4 is 11.6 Å². The van der Waals surface area contributed by atoms with Crippen LogP contribution < -0.4 is 11.1 Å². The van der Waals surface area contributed by atoms with Crippen molar-refractivity contribution in [2.24, 2.45) is 5.73 Å². The largest absolute Gasteiger partial charge is 0.455 e. The number of anilines is 1. The molecule has 2 aromatic rings. The highest BCUT2D eigenvalue weighted by atomic mass is 16.4. The maximum atomic E-state index is 11.8. The first kappa shape index (κ1) is 11.3. The molecular formula is C12H13N3O2. The van der Waals surface area contributed by atoms with Crippen LogP contribution in [0.4, 0.5) is 5.69 Å². The van der Waals surface area contributed by atoms with E-state index in [9.17, 15) is 4.79 Å². The molecule has 5 heteroatoms. The lowest BCUT2D eigenvalue weighted by molar-refractivity contribution is 0.0995. The van der Waals surface area contributed by atoms with Gasteiger partial charge in [-0.25, -0.2) is 0 Å². The summed E-state index contributed by atoms with van der Waals surface area (Å²) in [5.41, 5.74) is 6.92. The second-order valence-electron chi connectivity index (χ2n) is 3.61. The molecule has 88 valence electrons. The topological polar surface area (TPSA) is 81.2 Å². The maximum absolute atomic E-state index is 11.8. The molecule has 0 spiro atoms. The Morgan fingerprint density at radius 1 is 1.41 bits per heavy atom. The van der Waals surface area contributed by atoms with Crippen LogP contribution in [-0.2, 0) is 6.54 Å². The van der Waals surface area contributed by atoms with Gasteiger partial charge < -0.3 is 15.5 Å². The standard InChI is InChI=1S/C12H13N3O2/c1-8-2-3-9(7-14-8)15-12(16)11-5-4-10(6-13)17-11/h2-5,7H,6,13H2,1H3,(H,15,16). The van der Waals surface area contributed by atoms with Gasteiger partial charge in [0.25, 0.3) is 5.91 Å². The van der Waals surface area contributed by atoms with Crippen molar-refractivity contribution in [3.63, 3.8) is 0 Å². The van der Waals surface area contributed by atoms with E-state index in [2.05, 4.69) is 10.3 Å². The molecule has 0 atom stereocenters. The lowest BCUT2D eigenvalue weighted by Crippen LogP contribution is -2.11. The van der Waals surface area contributed by atoms with Crippen LogP contribution in [0.15, 0.2) is 34.9 Å². The number of amides is 1. The number of hydrogen-bond acceptors (Lipinski definition) is 4. The minimum atomic E-state index is -0.310. The molecule has 2 rings (SSSR count). The van der Waals surface area contributed by atoms with Crippen molar-refractivity contribution in [2.75, 3.05) is 5.32 Å². The number of aryl methyl sites for hydroxylation is 1. The van der Waals surface area contributed by atoms with Crippen molar-refractivity contribution in [1.82, 2.24) is 4.98 Å². The fraction of sp³-hybridized carbons (Fsp3) is 0.167. The number of carbonyl (C=O) groups is 1. The highest BCUT2D eigenvalue weighted by Crippen LogP contribution is 2.11. The van der Waals surface area contributed by atoms with Crippen LogP contribution in [0.2, 0.25) is 0 Å². The Morgan fingerprint density at radius 3 is 2.82 bits per heavy atom. The van der Waals surface area contributed by atoms with Gasteiger partial charge in [0.2, 0.25) is 0 Å². The molecule has 0 aromatic carbocycles. The summed E-state index contributed by atoms with van der Waals surface area (Å²) in [5, 5.41) is 2.69. The molecule has 2 heterocycles. The van der Waals surface area contributed by atoms with Crippen molar-refractivity contribution < 1.29 is 9.21 Å². The monoisotopic (exact) mass is 231 g/mol. The van der Waals surface area contributed by atoms with Crippen molar-refractivity contribution in [2.45, 2.75) is 13.5 Å². The molecule has 17 heavy (non-hydrogen) atoms. The Kier molecular flexibility index (Phi) is 3.20. The Hall–Kier alpha value is -2.14. The maximum Gasteiger partial charge on any atom is 0.291 e. The SMILES string of the molecule is Cc1ccc(NC(=O)c2ccc(CN)o2)cn1. The first-order valence-corrected chi connectivity index (χ1v) is 5.22. The molecule has 0 saturated heterocycles. The first-order chi connectivity index (χ1) is 8.19. The zero-order valence-electron chi connectivity index (χ0n) is 9.43. The zero-order valence-corrected chi connectivity index (χ0v) is 9.43. The Labute approximate surface area is 98.6 Å². The summed E-state index contributed by atoms with van der Waals surface area (Å²) >= 11 is 0. The summed E-state index contributed by atoms with van der Waals surface area (Å²) in [6.07, 6.45) is 1.60. The van der Waals surface area contributed by atoms with Gasteiger partial charge in [0, 0.05) is 5.69 Å². The molecule has 3 N–H and O–H groups in total. The van der Waals surface area contributed by atoms with E-state index in [1.54, 1.807) is 24.4 Å². The number of pyridine rings is 1. The van der Waals surface area contributed by atoms with Gasteiger partial charge in [0.1, 0.15) is 5.76 Å². The third-order valence-corrected chi connectivity index (χ3v) is 2.26. The van der Waals surface area contributed by atoms with Crippen LogP contribution >= 0.6 is 0 Å². The minimum Gasteiger partial charge on any atom is -0.455 e. The van der Waals surface area contributed by atoms with E-state index in [1.165, 1.54) is 0 Å². The molecule has 0 unspecified atom stereocenters. The summed E-state index contributed by atoms with van der Waals surface area (Å²) in [4.78, 5) is 15.8. The van der Waals surface area contributed by atoms with Gasteiger partial charge in [-0.05, 0) is 31.2 Å². The summed E-state index contributed by atoms with van der Waals surface area (Å²) < 4.78 is 5.23. The number of aromatic nitrogens is 1. The molecule has 0 bridgehead atoms. The Balaban J connectivity index is 2.08. The summed E-state index contributed by atoms with van der Waals surface area (Å²) in [5.74, 6) is 0.513. The minimum absolute atomic E-state index is 0.242. The zero-order chi connectivity index (χ0) is 12.3. The van der Waals surface area contributed by atoms with E-state index in [-0.39, 0.29) is 18.2 Å². The van der Waals surface area contributed by atoms with E-state index in [4.69, 9.17) is 10.2 Å². The fourth-order valence-electron chi connectivity index (χ4n) is 1.34. The molecule has 2 aromatic heterocycles. The van der Waals surface area contributed by atoms with Gasteiger partial charge in [-0.2, -0.15) is 0 Å². The second kappa shape index (κ2) is 4.80. The van der Waals surface area contributed by atoms with E-state index >= 15 is 0 Å². The normalized spacial score (nSPS) is 10.2. The summed E-state index contributed by atoms with van der Waals surface area (Å²) in [6, 6.07) is 6.89. The molecule has 1 amide bonds. The number of furan rings is 1. The van der Waals surface area contributed by atoms with Crippen LogP contribution in [-0.4, -0.2) is 10.9 Å². The fourth-order valence-corrected chi connectivity index (χ4v) is 1.34. The Morgan fingerprint density at radius 2 is 2.24 bits per heavy atom. The average Bonchev–Trinajstić information content (AvgIpc) is 2.81. The number of nitrogens with two attached hydrogens (primary N) is 1. The van der Waals surface area contributed by atoms with Crippen molar-refractivity contribution in [1.29, 1.82) is 0 Å². The van der Waals surface area contributed by atoms with Crippen LogP contribution in [0, 0.1) is 6.92 Å². The first-order valence-electron chi connectivity index (χ1n) is 5.22. The predicted molar refractivity (Wildman–Crippen MR) is 63.5 cm³/mol. The highest BCUT2D eigenvalue weighted by Gasteiger charge is 2.10. The van der Waals surface area contributed by atoms with E-state index in [1.807, 2.05) is 13.0 Å². The molecule has 5 nitrogen and oxygen atoms in total. The van der Waals surface area contributed by atoms with Gasteiger partial charge in [-0.15, -0.1) is 0 Å². The van der Waals surface area contributed by atoms with Crippen LogP contribution in [0.1, 0.15) is 22.0 Å². The molecule has 0 radical (unpaired) electrons. The predicted octanol–water partition coefficient (Wildman–Crippen LogP) is 1.69. The molecule has 0 aliphatic carbocycles. The van der Waals surface area contributed by atoms with Crippen LogP contribution in [0.25, 0.3) is 0 Å². The van der Waals surface area contributed by atoms with Gasteiger partial charge in [-0.3, -0.25) is 9.78 Å². The number of rotatable bonds is 3. The third kappa shape index (κ3) is 2.70. The number of hydrogen-bond donors (Lipinski definition) is 2. The molecule has 0 aliphatic heterocycles. The summed E-state index contributed by atoms with van der Waals surface area (Å²) in [6.45, 7) is 2.16. The Bertz CT molecular complexity index is 517. The average molecular weight is 231 g/mol. The van der Waals surface area contributed by atoms with Gasteiger partial charge >= 0.3 is 0 Å². The molecule has 0 aliphatic rings. The highest BCUT2D eigenvalue weighted by molar-refractivity contribution is 6.02. The number of nitrogens with zero attached hydrogens (tertiary/aromatic N) is 1. The second-order valence-corrected chi connectivity index (χ2v) is 3.61. The quantitative estimate of drug-likeness (QED) is 0.842. The van der Waals surface area contributed by atoms with Gasteiger partial charge in [-0.1, -0.05) is 0 Å². The molecular weight excluding hydrogens is 218 g/mol. The summed E-state index contributed by atoms with van der Waals surface area (Å²) in [7, 11) is 0. The number of nitrogens with one attached hydrogen (secondary N) is 1. The van der Waals surface area contributed by atoms with Crippen molar-refractivity contribution in [3.05, 3.63) is 47.7 Å². The van der Waals surface area contributed by atoms with E-state index < -0.39 is 0 Å². The smallest absolute Gasteiger partial charge is 0.291 e. The molecule has 0 saturated carbocycles. The third-order valence-electron chi connectivity index (χ3n) is 2.26.